The van der Waals surface area contributed by atoms with E-state index in [1.54, 1.807) is 4.57 Å². The molecule has 3 aromatic rings. The van der Waals surface area contributed by atoms with Crippen molar-refractivity contribution in [1.29, 1.82) is 0 Å². The third-order valence-electron chi connectivity index (χ3n) is 2.68. The van der Waals surface area contributed by atoms with Gasteiger partial charge in [0, 0.05) is 5.38 Å². The number of hydrogen-bond donors (Lipinski definition) is 1. The molecule has 0 amide bonds. The van der Waals surface area contributed by atoms with Crippen LogP contribution in [0.15, 0.2) is 46.7 Å². The maximum atomic E-state index is 12.0. The van der Waals surface area contributed by atoms with Gasteiger partial charge in [-0.15, -0.1) is 0 Å². The second-order valence-electron chi connectivity index (χ2n) is 3.86. The lowest BCUT2D eigenvalue weighted by molar-refractivity contribution is -0.523. The van der Waals surface area contributed by atoms with Gasteiger partial charge in [0.2, 0.25) is 0 Å². The fourth-order valence-electron chi connectivity index (χ4n) is 1.83. The van der Waals surface area contributed by atoms with Gasteiger partial charge in [-0.25, -0.2) is 4.79 Å². The van der Waals surface area contributed by atoms with Crippen LogP contribution in [0.25, 0.3) is 4.96 Å². The van der Waals surface area contributed by atoms with E-state index in [4.69, 9.17) is 12.2 Å². The molecule has 4 nitrogen and oxygen atoms in total. The number of H-pyrrole nitrogens is 1. The summed E-state index contributed by atoms with van der Waals surface area (Å²) in [6.07, 6.45) is 1.86. The van der Waals surface area contributed by atoms with E-state index in [1.807, 2.05) is 46.3 Å². The van der Waals surface area contributed by atoms with Gasteiger partial charge in [-0.1, -0.05) is 41.7 Å². The molecule has 2 aromatic heterocycles. The van der Waals surface area contributed by atoms with Crippen molar-refractivity contribution in [2.75, 3.05) is 0 Å². The van der Waals surface area contributed by atoms with Crippen LogP contribution in [0.5, 0.6) is 0 Å². The Morgan fingerprint density at radius 2 is 2.11 bits per heavy atom. The highest BCUT2D eigenvalue weighted by atomic mass is 32.1. The van der Waals surface area contributed by atoms with Gasteiger partial charge in [0.25, 0.3) is 4.96 Å². The first-order chi connectivity index (χ1) is 8.75. The monoisotopic (exact) mass is 276 g/mol. The van der Waals surface area contributed by atoms with Crippen LogP contribution in [-0.4, -0.2) is 9.55 Å². The molecule has 0 bridgehead atoms. The first kappa shape index (κ1) is 11.3. The smallest absolute Gasteiger partial charge is 0.212 e. The van der Waals surface area contributed by atoms with Crippen molar-refractivity contribution in [2.45, 2.75) is 6.54 Å². The summed E-state index contributed by atoms with van der Waals surface area (Å²) in [5.74, 6) is 0. The van der Waals surface area contributed by atoms with E-state index in [0.717, 1.165) is 10.5 Å². The third kappa shape index (κ3) is 1.89. The Morgan fingerprint density at radius 3 is 2.89 bits per heavy atom. The summed E-state index contributed by atoms with van der Waals surface area (Å²) in [5.41, 5.74) is 0.909. The molecule has 0 aliphatic rings. The molecule has 0 spiro atoms. The number of aromatic nitrogens is 3. The Morgan fingerprint density at radius 1 is 1.33 bits per heavy atom. The quantitative estimate of drug-likeness (QED) is 0.572. The molecule has 2 heterocycles. The van der Waals surface area contributed by atoms with Gasteiger partial charge in [-0.05, 0) is 17.8 Å². The summed E-state index contributed by atoms with van der Waals surface area (Å²) < 4.78 is 3.93. The first-order valence-electron chi connectivity index (χ1n) is 5.41. The summed E-state index contributed by atoms with van der Waals surface area (Å²) in [6.45, 7) is 0.537. The number of rotatable bonds is 2. The Kier molecular flexibility index (Phi) is 2.81. The van der Waals surface area contributed by atoms with Gasteiger partial charge < -0.3 is 0 Å². The molecule has 0 atom stereocenters. The van der Waals surface area contributed by atoms with Crippen molar-refractivity contribution in [3.05, 3.63) is 62.7 Å². The topological polar surface area (TPSA) is 41.9 Å². The molecule has 0 radical (unpaired) electrons. The largest absolute Gasteiger partial charge is 0.445 e. The van der Waals surface area contributed by atoms with Crippen LogP contribution < -0.4 is 10.1 Å². The van der Waals surface area contributed by atoms with Gasteiger partial charge in [-0.3, -0.25) is 0 Å². The average molecular weight is 276 g/mol. The Labute approximate surface area is 112 Å². The zero-order valence-electron chi connectivity index (χ0n) is 9.37. The fraction of sp³-hybridized carbons (Fsp3) is 0.0833. The summed E-state index contributed by atoms with van der Waals surface area (Å²) in [5, 5.41) is 1.92. The summed E-state index contributed by atoms with van der Waals surface area (Å²) in [7, 11) is 0. The minimum Gasteiger partial charge on any atom is -0.212 e. The van der Waals surface area contributed by atoms with Gasteiger partial charge in [0.1, 0.15) is 6.54 Å². The van der Waals surface area contributed by atoms with Crippen LogP contribution >= 0.6 is 23.6 Å². The minimum atomic E-state index is -0.175. The molecule has 0 unspecified atom stereocenters. The highest BCUT2D eigenvalue weighted by Gasteiger charge is 2.13. The van der Waals surface area contributed by atoms with Crippen molar-refractivity contribution in [1.82, 2.24) is 9.55 Å². The predicted octanol–water partition coefficient (Wildman–Crippen LogP) is 1.75. The van der Waals surface area contributed by atoms with Crippen molar-refractivity contribution in [2.24, 2.45) is 0 Å². The fourth-order valence-corrected chi connectivity index (χ4v) is 2.97. The molecule has 0 aliphatic carbocycles. The van der Waals surface area contributed by atoms with Crippen LogP contribution in [0, 0.1) is 4.77 Å². The zero-order valence-corrected chi connectivity index (χ0v) is 11.0. The normalized spacial score (nSPS) is 10.9. The molecule has 18 heavy (non-hydrogen) atoms. The van der Waals surface area contributed by atoms with Crippen LogP contribution in [0.3, 0.4) is 0 Å². The van der Waals surface area contributed by atoms with Crippen LogP contribution in [0.4, 0.5) is 0 Å². The highest BCUT2D eigenvalue weighted by Crippen LogP contribution is 2.06. The molecule has 3 rings (SSSR count). The molecule has 6 heteroatoms. The number of thiazole rings is 1. The molecule has 0 fully saturated rings. The highest BCUT2D eigenvalue weighted by molar-refractivity contribution is 7.71. The standard InChI is InChI=1S/C12H9N3OS2/c16-10-13-11(17)14-6-7-18-12(14)15(10)8-9-4-2-1-3-5-9/h1-7H,8H2/p+1. The van der Waals surface area contributed by atoms with Gasteiger partial charge >= 0.3 is 10.5 Å². The van der Waals surface area contributed by atoms with Crippen LogP contribution in [0.2, 0.25) is 0 Å². The van der Waals surface area contributed by atoms with Crippen LogP contribution in [-0.2, 0) is 6.54 Å². The van der Waals surface area contributed by atoms with E-state index in [2.05, 4.69) is 4.98 Å². The molecule has 0 saturated carbocycles. The van der Waals surface area contributed by atoms with Gasteiger partial charge in [0.05, 0.1) is 6.20 Å². The minimum absolute atomic E-state index is 0.175. The first-order valence-corrected chi connectivity index (χ1v) is 6.70. The third-order valence-corrected chi connectivity index (χ3v) is 3.87. The number of nitrogens with zero attached hydrogens (tertiary/aromatic N) is 2. The number of fused-ring (bicyclic) bond motifs is 1. The van der Waals surface area contributed by atoms with E-state index in [9.17, 15) is 4.79 Å². The lowest BCUT2D eigenvalue weighted by atomic mass is 10.2. The predicted molar refractivity (Wildman–Crippen MR) is 72.5 cm³/mol. The number of benzene rings is 1. The molecular formula is C12H10N3OS2+. The number of aromatic amines is 1. The average Bonchev–Trinajstić information content (AvgIpc) is 2.85. The Bertz CT molecular complexity index is 801. The zero-order chi connectivity index (χ0) is 12.5. The molecule has 1 N–H and O–H groups in total. The van der Waals surface area contributed by atoms with Gasteiger partial charge in [-0.2, -0.15) is 14.0 Å². The van der Waals surface area contributed by atoms with E-state index in [0.29, 0.717) is 11.3 Å². The maximum absolute atomic E-state index is 12.0. The van der Waals surface area contributed by atoms with E-state index >= 15 is 0 Å². The summed E-state index contributed by atoms with van der Waals surface area (Å²) in [6, 6.07) is 9.88. The van der Waals surface area contributed by atoms with E-state index in [1.165, 1.54) is 11.3 Å². The Balaban J connectivity index is 2.21. The van der Waals surface area contributed by atoms with Crippen molar-refractivity contribution in [3.8, 4) is 0 Å². The maximum Gasteiger partial charge on any atom is 0.445 e. The molecule has 0 saturated heterocycles. The summed E-state index contributed by atoms with van der Waals surface area (Å²) >= 11 is 6.62. The van der Waals surface area contributed by atoms with Crippen molar-refractivity contribution < 1.29 is 4.40 Å². The molecule has 1 aromatic carbocycles. The van der Waals surface area contributed by atoms with Crippen molar-refractivity contribution in [3.63, 3.8) is 0 Å². The lowest BCUT2D eigenvalue weighted by Crippen LogP contribution is -2.35. The van der Waals surface area contributed by atoms with Crippen LogP contribution in [0.1, 0.15) is 5.56 Å². The Hall–Kier alpha value is -1.79. The van der Waals surface area contributed by atoms with E-state index < -0.39 is 0 Å². The second-order valence-corrected chi connectivity index (χ2v) is 5.12. The second kappa shape index (κ2) is 4.47. The van der Waals surface area contributed by atoms with Crippen molar-refractivity contribution >= 4 is 28.5 Å². The lowest BCUT2D eigenvalue weighted by Gasteiger charge is -2.01. The molecule has 0 aliphatic heterocycles. The summed E-state index contributed by atoms with van der Waals surface area (Å²) in [4.78, 5) is 15.5. The SMILES string of the molecule is O=c1[nH]c(=S)[n+]2ccsc2n1Cc1ccccc1. The number of hydrogen-bond acceptors (Lipinski definition) is 3. The molecule has 90 valence electrons. The van der Waals surface area contributed by atoms with E-state index in [-0.39, 0.29) is 5.69 Å². The number of nitrogens with one attached hydrogen (secondary N) is 1. The van der Waals surface area contributed by atoms with Gasteiger partial charge in [0.15, 0.2) is 0 Å². The molecular weight excluding hydrogens is 266 g/mol.